The Morgan fingerprint density at radius 1 is 0.761 bits per heavy atom. The van der Waals surface area contributed by atoms with E-state index >= 15 is 8.42 Å². The molecule has 0 aliphatic rings. The molecule has 0 spiro atoms. The topological polar surface area (TPSA) is 248 Å². The van der Waals surface area contributed by atoms with Crippen molar-refractivity contribution in [1.82, 2.24) is 44.5 Å². The Morgan fingerprint density at radius 2 is 1.34 bits per heavy atom. The quantitative estimate of drug-likeness (QED) is 0.0667. The van der Waals surface area contributed by atoms with Crippen LogP contribution in [0.4, 0.5) is 10.7 Å². The van der Waals surface area contributed by atoms with Crippen LogP contribution in [0.2, 0.25) is 0 Å². The zero-order chi connectivity index (χ0) is 47.9. The summed E-state index contributed by atoms with van der Waals surface area (Å²) in [4.78, 5) is 18.7. The SMILES string of the molecule is COc1ccc(CN(Cc2ccc(OC)cc2)S(=O)(=O)c2c(S(=O)(=O)NCCCNC(=O)OC(C)(C)C)ccc(-c3cccc4[nH]c(N)nc34)c2-c2nnnn2Cc2ccc(OC)cc2)cc1. The monoisotopic (exact) mass is 952 g/mol. The number of sulfonamides is 2. The van der Waals surface area contributed by atoms with Crippen molar-refractivity contribution in [3.05, 3.63) is 120 Å². The van der Waals surface area contributed by atoms with Crippen LogP contribution < -0.4 is 30.0 Å². The standard InChI is InChI=1S/C46H52N10O9S2/c1-46(2,3)65-45(57)48-25-8-26-49-66(58,59)39-24-23-36(37-9-7-10-38-41(37)51-44(47)50-38)40(43-52-53-54-56(43)29-32-15-21-35(64-6)22-16-32)42(39)67(60,61)55(27-30-11-17-33(62-4)18-12-30)28-31-13-19-34(63-5)20-14-31/h7,9-24,49H,8,25-29H2,1-6H3,(H,48,57)(H3,47,50,51). The predicted octanol–water partition coefficient (Wildman–Crippen LogP) is 6.12. The molecule has 5 N–H and O–H groups in total. The number of hydrogen-bond acceptors (Lipinski definition) is 14. The van der Waals surface area contributed by atoms with Gasteiger partial charge in [-0.3, -0.25) is 0 Å². The van der Waals surface area contributed by atoms with Crippen LogP contribution in [0.1, 0.15) is 43.9 Å². The Morgan fingerprint density at radius 3 is 1.91 bits per heavy atom. The smallest absolute Gasteiger partial charge is 0.407 e. The average Bonchev–Trinajstić information content (AvgIpc) is 3.93. The van der Waals surface area contributed by atoms with Crippen molar-refractivity contribution in [2.45, 2.75) is 62.2 Å². The fourth-order valence-corrected chi connectivity index (χ4v) is 10.7. The second-order valence-corrected chi connectivity index (χ2v) is 19.9. The van der Waals surface area contributed by atoms with Crippen LogP contribution >= 0.6 is 0 Å². The number of H-pyrrole nitrogens is 1. The highest BCUT2D eigenvalue weighted by molar-refractivity contribution is 7.92. The summed E-state index contributed by atoms with van der Waals surface area (Å²) in [6.45, 7) is 4.70. The van der Waals surface area contributed by atoms with Gasteiger partial charge in [-0.2, -0.15) is 4.31 Å². The minimum atomic E-state index is -4.94. The molecule has 5 aromatic carbocycles. The van der Waals surface area contributed by atoms with Gasteiger partial charge in [0.25, 0.3) is 0 Å². The number of alkyl carbamates (subject to hydrolysis) is 1. The van der Waals surface area contributed by atoms with Gasteiger partial charge in [-0.15, -0.1) is 5.10 Å². The molecule has 0 aliphatic carbocycles. The summed E-state index contributed by atoms with van der Waals surface area (Å²) < 4.78 is 88.5. The highest BCUT2D eigenvalue weighted by Crippen LogP contribution is 2.43. The van der Waals surface area contributed by atoms with Crippen LogP contribution in [0.15, 0.2) is 113 Å². The van der Waals surface area contributed by atoms with Gasteiger partial charge in [0.05, 0.1) is 44.5 Å². The third-order valence-electron chi connectivity index (χ3n) is 10.4. The average molecular weight is 953 g/mol. The van der Waals surface area contributed by atoms with Gasteiger partial charge in [-0.1, -0.05) is 54.6 Å². The molecule has 1 amide bonds. The molecular formula is C46H52N10O9S2. The molecule has 0 unspecified atom stereocenters. The lowest BCUT2D eigenvalue weighted by molar-refractivity contribution is 0.0527. The molecule has 19 nitrogen and oxygen atoms in total. The Hall–Kier alpha value is -7.07. The molecule has 0 bridgehead atoms. The molecule has 7 aromatic rings. The van der Waals surface area contributed by atoms with Crippen molar-refractivity contribution in [2.75, 3.05) is 40.2 Å². The number of nitrogens with two attached hydrogens (primary N) is 1. The van der Waals surface area contributed by atoms with E-state index in [2.05, 4.69) is 35.5 Å². The molecule has 0 saturated carbocycles. The second kappa shape index (κ2) is 20.2. The fraction of sp³-hybridized carbons (Fsp3) is 0.283. The van der Waals surface area contributed by atoms with Crippen molar-refractivity contribution in [3.8, 4) is 39.8 Å². The van der Waals surface area contributed by atoms with E-state index in [1.54, 1.807) is 107 Å². The largest absolute Gasteiger partial charge is 0.497 e. The number of tetrazole rings is 1. The number of aromatic nitrogens is 6. The number of methoxy groups -OCH3 is 3. The van der Waals surface area contributed by atoms with Gasteiger partial charge in [0.2, 0.25) is 20.0 Å². The number of ether oxygens (including phenoxy) is 4. The highest BCUT2D eigenvalue weighted by atomic mass is 32.2. The fourth-order valence-electron chi connectivity index (χ4n) is 7.24. The number of aromatic amines is 1. The summed E-state index contributed by atoms with van der Waals surface area (Å²) in [5.74, 6) is 1.78. The van der Waals surface area contributed by atoms with Crippen LogP contribution in [-0.4, -0.2) is 97.4 Å². The van der Waals surface area contributed by atoms with E-state index in [0.717, 1.165) is 5.56 Å². The van der Waals surface area contributed by atoms with Gasteiger partial charge in [-0.25, -0.2) is 36.0 Å². The first kappa shape index (κ1) is 47.9. The number of imidazole rings is 1. The number of fused-ring (bicyclic) bond motifs is 1. The number of carbonyl (C=O) groups excluding carboxylic acids is 1. The van der Waals surface area contributed by atoms with Crippen molar-refractivity contribution in [1.29, 1.82) is 0 Å². The molecular weight excluding hydrogens is 901 g/mol. The Kier molecular flexibility index (Phi) is 14.4. The van der Waals surface area contributed by atoms with E-state index in [4.69, 9.17) is 24.7 Å². The molecule has 67 heavy (non-hydrogen) atoms. The molecule has 0 fully saturated rings. The lowest BCUT2D eigenvalue weighted by Gasteiger charge is -2.27. The van der Waals surface area contributed by atoms with E-state index in [-0.39, 0.29) is 62.0 Å². The predicted molar refractivity (Wildman–Crippen MR) is 251 cm³/mol. The molecule has 21 heteroatoms. The molecule has 0 saturated heterocycles. The Balaban J connectivity index is 1.46. The zero-order valence-corrected chi connectivity index (χ0v) is 39.4. The molecule has 2 aromatic heterocycles. The lowest BCUT2D eigenvalue weighted by Crippen LogP contribution is -2.35. The second-order valence-electron chi connectivity index (χ2n) is 16.3. The van der Waals surface area contributed by atoms with Crippen LogP contribution in [0.3, 0.4) is 0 Å². The van der Waals surface area contributed by atoms with Crippen LogP contribution in [0.25, 0.3) is 33.5 Å². The third-order valence-corrected chi connectivity index (χ3v) is 13.9. The number of para-hydroxylation sites is 1. The maximum absolute atomic E-state index is 16.1. The van der Waals surface area contributed by atoms with Crippen LogP contribution in [0, 0.1) is 0 Å². The number of rotatable bonds is 19. The van der Waals surface area contributed by atoms with E-state index in [1.165, 1.54) is 35.3 Å². The zero-order valence-electron chi connectivity index (χ0n) is 37.8. The van der Waals surface area contributed by atoms with Gasteiger partial charge < -0.3 is 35.0 Å². The van der Waals surface area contributed by atoms with Crippen molar-refractivity contribution < 1.29 is 40.6 Å². The number of benzene rings is 5. The molecule has 0 radical (unpaired) electrons. The first-order valence-electron chi connectivity index (χ1n) is 21.0. The summed E-state index contributed by atoms with van der Waals surface area (Å²) >= 11 is 0. The van der Waals surface area contributed by atoms with Crippen molar-refractivity contribution in [3.63, 3.8) is 0 Å². The number of carbonyl (C=O) groups is 1. The van der Waals surface area contributed by atoms with E-state index < -0.39 is 41.5 Å². The van der Waals surface area contributed by atoms with Gasteiger partial charge in [0, 0.05) is 31.7 Å². The van der Waals surface area contributed by atoms with E-state index in [1.807, 2.05) is 12.1 Å². The number of amides is 1. The molecule has 352 valence electrons. The molecule has 7 rings (SSSR count). The van der Waals surface area contributed by atoms with Crippen LogP contribution in [0.5, 0.6) is 17.2 Å². The number of nitrogens with zero attached hydrogens (tertiary/aromatic N) is 6. The summed E-state index contributed by atoms with van der Waals surface area (Å²) in [5, 5.41) is 15.4. The summed E-state index contributed by atoms with van der Waals surface area (Å²) in [5.41, 5.74) is 8.80. The Bertz CT molecular complexity index is 3010. The van der Waals surface area contributed by atoms with Gasteiger partial charge in [-0.05, 0) is 108 Å². The summed E-state index contributed by atoms with van der Waals surface area (Å²) in [6.07, 6.45) is -0.534. The van der Waals surface area contributed by atoms with Gasteiger partial charge in [0.15, 0.2) is 11.8 Å². The van der Waals surface area contributed by atoms with Crippen LogP contribution in [-0.2, 0) is 44.4 Å². The molecule has 0 atom stereocenters. The minimum absolute atomic E-state index is 0.0477. The lowest BCUT2D eigenvalue weighted by atomic mass is 9.97. The normalized spacial score (nSPS) is 12.0. The summed E-state index contributed by atoms with van der Waals surface area (Å²) in [6, 6.07) is 28.9. The maximum atomic E-state index is 16.1. The molecule has 2 heterocycles. The van der Waals surface area contributed by atoms with Gasteiger partial charge in [0.1, 0.15) is 32.6 Å². The number of nitrogens with one attached hydrogen (secondary N) is 3. The number of hydrogen-bond donors (Lipinski definition) is 4. The first-order chi connectivity index (χ1) is 32.0. The summed E-state index contributed by atoms with van der Waals surface area (Å²) in [7, 11) is -5.04. The maximum Gasteiger partial charge on any atom is 0.407 e. The van der Waals surface area contributed by atoms with Crippen molar-refractivity contribution in [2.24, 2.45) is 0 Å². The van der Waals surface area contributed by atoms with E-state index in [9.17, 15) is 13.2 Å². The number of nitrogen functional groups attached to an aromatic ring is 1. The molecule has 0 aliphatic heterocycles. The highest BCUT2D eigenvalue weighted by Gasteiger charge is 2.38. The number of anilines is 1. The van der Waals surface area contributed by atoms with Crippen molar-refractivity contribution >= 4 is 43.1 Å². The minimum Gasteiger partial charge on any atom is -0.497 e. The van der Waals surface area contributed by atoms with E-state index in [0.29, 0.717) is 45.0 Å². The third kappa shape index (κ3) is 11.3. The van der Waals surface area contributed by atoms with Gasteiger partial charge >= 0.3 is 6.09 Å². The Labute approximate surface area is 388 Å². The first-order valence-corrected chi connectivity index (χ1v) is 24.0.